The third kappa shape index (κ3) is 2.45. The summed E-state index contributed by atoms with van der Waals surface area (Å²) < 4.78 is 18.3. The van der Waals surface area contributed by atoms with Gasteiger partial charge in [-0.15, -0.1) is 0 Å². The van der Waals surface area contributed by atoms with Gasteiger partial charge in [-0.25, -0.2) is 4.39 Å². The van der Waals surface area contributed by atoms with Gasteiger partial charge in [0.05, 0.1) is 7.11 Å². The lowest BCUT2D eigenvalue weighted by molar-refractivity contribution is 0.418. The molecule has 2 radical (unpaired) electrons. The van der Waals surface area contributed by atoms with Crippen molar-refractivity contribution in [1.29, 1.82) is 0 Å². The molecule has 0 unspecified atom stereocenters. The zero-order valence-corrected chi connectivity index (χ0v) is 9.96. The van der Waals surface area contributed by atoms with Crippen molar-refractivity contribution < 1.29 is 9.13 Å². The second-order valence-corrected chi connectivity index (χ2v) is 3.99. The summed E-state index contributed by atoms with van der Waals surface area (Å²) in [5.74, 6) is 0.211. The second-order valence-electron chi connectivity index (χ2n) is 3.58. The molecule has 2 aromatic carbocycles. The summed E-state index contributed by atoms with van der Waals surface area (Å²) in [6, 6.07) is 9.50. The van der Waals surface area contributed by atoms with Crippen molar-refractivity contribution in [1.82, 2.24) is 0 Å². The minimum atomic E-state index is -0.311. The van der Waals surface area contributed by atoms with E-state index in [0.29, 0.717) is 27.4 Å². The van der Waals surface area contributed by atoms with E-state index in [-0.39, 0.29) is 5.82 Å². The van der Waals surface area contributed by atoms with E-state index in [1.807, 2.05) is 0 Å². The van der Waals surface area contributed by atoms with Crippen molar-refractivity contribution >= 4 is 24.9 Å². The van der Waals surface area contributed by atoms with E-state index in [1.165, 1.54) is 19.2 Å². The molecule has 0 fully saturated rings. The van der Waals surface area contributed by atoms with Gasteiger partial charge >= 0.3 is 0 Å². The molecule has 17 heavy (non-hydrogen) atoms. The third-order valence-corrected chi connectivity index (χ3v) is 2.77. The van der Waals surface area contributed by atoms with Crippen molar-refractivity contribution in [3.63, 3.8) is 0 Å². The maximum atomic E-state index is 13.1. The van der Waals surface area contributed by atoms with Crippen LogP contribution in [-0.2, 0) is 0 Å². The van der Waals surface area contributed by atoms with Gasteiger partial charge in [-0.1, -0.05) is 29.2 Å². The first kappa shape index (κ1) is 12.0. The lowest BCUT2D eigenvalue weighted by Crippen LogP contribution is -2.07. The number of rotatable bonds is 2. The van der Waals surface area contributed by atoms with Crippen LogP contribution in [0.1, 0.15) is 0 Å². The minimum absolute atomic E-state index is 0.311. The summed E-state index contributed by atoms with van der Waals surface area (Å²) in [6.07, 6.45) is 0. The number of ether oxygens (including phenoxy) is 1. The van der Waals surface area contributed by atoms with Crippen LogP contribution < -0.4 is 10.2 Å². The van der Waals surface area contributed by atoms with Crippen LogP contribution >= 0.6 is 11.6 Å². The van der Waals surface area contributed by atoms with E-state index in [1.54, 1.807) is 24.3 Å². The number of hydrogen-bond donors (Lipinski definition) is 0. The molecular weight excluding hydrogens is 237 g/mol. The molecule has 0 aromatic heterocycles. The first-order valence-electron chi connectivity index (χ1n) is 5.01. The highest BCUT2D eigenvalue weighted by atomic mass is 35.5. The molecule has 0 spiro atoms. The van der Waals surface area contributed by atoms with Crippen LogP contribution in [-0.4, -0.2) is 15.0 Å². The first-order chi connectivity index (χ1) is 8.11. The molecule has 1 nitrogen and oxygen atoms in total. The molecule has 0 aliphatic heterocycles. The molecule has 0 aliphatic rings. The predicted octanol–water partition coefficient (Wildman–Crippen LogP) is 2.95. The highest BCUT2D eigenvalue weighted by molar-refractivity contribution is 6.39. The fraction of sp³-hybridized carbons (Fsp3) is 0.0769. The number of halogens is 2. The van der Waals surface area contributed by atoms with Crippen LogP contribution in [0.15, 0.2) is 36.4 Å². The number of benzene rings is 2. The van der Waals surface area contributed by atoms with Crippen LogP contribution in [0.4, 0.5) is 4.39 Å². The van der Waals surface area contributed by atoms with Crippen molar-refractivity contribution in [2.75, 3.05) is 7.11 Å². The van der Waals surface area contributed by atoms with Crippen LogP contribution in [0.25, 0.3) is 11.1 Å². The van der Waals surface area contributed by atoms with Gasteiger partial charge in [-0.2, -0.15) is 0 Å². The predicted molar refractivity (Wildman–Crippen MR) is 68.8 cm³/mol. The Kier molecular flexibility index (Phi) is 3.39. The normalized spacial score (nSPS) is 10.3. The molecule has 0 saturated heterocycles. The van der Waals surface area contributed by atoms with Crippen molar-refractivity contribution in [3.8, 4) is 16.9 Å². The highest BCUT2D eigenvalue weighted by Crippen LogP contribution is 2.30. The Hall–Kier alpha value is -1.48. The van der Waals surface area contributed by atoms with Crippen LogP contribution in [0.2, 0.25) is 5.02 Å². The smallest absolute Gasteiger partial charge is 0.123 e. The Bertz CT molecular complexity index is 557. The quantitative estimate of drug-likeness (QED) is 0.740. The molecular formula is C13H9BClFO. The van der Waals surface area contributed by atoms with Gasteiger partial charge in [0.2, 0.25) is 0 Å². The molecule has 2 aromatic rings. The SMILES string of the molecule is [B]c1cc(Cl)c(-c2cccc(F)c2)cc1OC. The van der Waals surface area contributed by atoms with Gasteiger partial charge in [-0.3, -0.25) is 0 Å². The average Bonchev–Trinajstić information content (AvgIpc) is 2.29. The van der Waals surface area contributed by atoms with Gasteiger partial charge in [0.25, 0.3) is 0 Å². The minimum Gasteiger partial charge on any atom is -0.497 e. The van der Waals surface area contributed by atoms with E-state index in [4.69, 9.17) is 24.2 Å². The summed E-state index contributed by atoms with van der Waals surface area (Å²) in [5, 5.41) is 0.467. The Morgan fingerprint density at radius 1 is 1.24 bits per heavy atom. The van der Waals surface area contributed by atoms with E-state index >= 15 is 0 Å². The second kappa shape index (κ2) is 4.80. The van der Waals surface area contributed by atoms with Crippen molar-refractivity contribution in [3.05, 3.63) is 47.2 Å². The summed E-state index contributed by atoms with van der Waals surface area (Å²) in [6.45, 7) is 0. The molecule has 0 saturated carbocycles. The van der Waals surface area contributed by atoms with Gasteiger partial charge in [-0.05, 0) is 29.8 Å². The molecule has 0 N–H and O–H groups in total. The zero-order chi connectivity index (χ0) is 12.4. The van der Waals surface area contributed by atoms with E-state index in [9.17, 15) is 4.39 Å². The van der Waals surface area contributed by atoms with E-state index in [0.717, 1.165) is 0 Å². The van der Waals surface area contributed by atoms with E-state index in [2.05, 4.69) is 0 Å². The Balaban J connectivity index is 2.59. The Morgan fingerprint density at radius 3 is 2.65 bits per heavy atom. The average molecular weight is 246 g/mol. The molecule has 2 rings (SSSR count). The van der Waals surface area contributed by atoms with Gasteiger partial charge < -0.3 is 4.74 Å². The maximum Gasteiger partial charge on any atom is 0.123 e. The molecule has 0 aliphatic carbocycles. The Morgan fingerprint density at radius 2 is 2.00 bits per heavy atom. The summed E-state index contributed by atoms with van der Waals surface area (Å²) in [5.41, 5.74) is 1.84. The lowest BCUT2D eigenvalue weighted by Gasteiger charge is -2.10. The molecule has 0 amide bonds. The molecule has 0 atom stereocenters. The first-order valence-corrected chi connectivity index (χ1v) is 5.38. The molecule has 84 valence electrons. The fourth-order valence-corrected chi connectivity index (χ4v) is 1.90. The van der Waals surface area contributed by atoms with Gasteiger partial charge in [0, 0.05) is 10.6 Å². The topological polar surface area (TPSA) is 9.23 Å². The highest BCUT2D eigenvalue weighted by Gasteiger charge is 2.08. The summed E-state index contributed by atoms with van der Waals surface area (Å²) in [4.78, 5) is 0. The maximum absolute atomic E-state index is 13.1. The zero-order valence-electron chi connectivity index (χ0n) is 9.21. The van der Waals surface area contributed by atoms with Crippen molar-refractivity contribution in [2.45, 2.75) is 0 Å². The monoisotopic (exact) mass is 246 g/mol. The third-order valence-electron chi connectivity index (χ3n) is 2.46. The molecule has 0 heterocycles. The summed E-state index contributed by atoms with van der Waals surface area (Å²) >= 11 is 6.09. The number of hydrogen-bond acceptors (Lipinski definition) is 1. The molecule has 0 bridgehead atoms. The standard InChI is InChI=1S/C13H9BClFO/c1-17-13-6-10(12(15)7-11(13)14)8-3-2-4-9(16)5-8/h2-7H,1H3. The van der Waals surface area contributed by atoms with Crippen LogP contribution in [0, 0.1) is 5.82 Å². The molecule has 4 heteroatoms. The summed E-state index contributed by atoms with van der Waals surface area (Å²) in [7, 11) is 7.25. The number of methoxy groups -OCH3 is 1. The van der Waals surface area contributed by atoms with Gasteiger partial charge in [0.1, 0.15) is 19.4 Å². The fourth-order valence-electron chi connectivity index (χ4n) is 1.62. The van der Waals surface area contributed by atoms with Crippen molar-refractivity contribution in [2.24, 2.45) is 0 Å². The van der Waals surface area contributed by atoms with Crippen LogP contribution in [0.5, 0.6) is 5.75 Å². The largest absolute Gasteiger partial charge is 0.497 e. The van der Waals surface area contributed by atoms with Gasteiger partial charge in [0.15, 0.2) is 0 Å². The van der Waals surface area contributed by atoms with Crippen LogP contribution in [0.3, 0.4) is 0 Å². The lowest BCUT2D eigenvalue weighted by atomic mass is 9.92. The Labute approximate surface area is 106 Å². The van der Waals surface area contributed by atoms with E-state index < -0.39 is 0 Å².